The summed E-state index contributed by atoms with van der Waals surface area (Å²) in [5, 5.41) is 10.5. The predicted octanol–water partition coefficient (Wildman–Crippen LogP) is 4.11. The quantitative estimate of drug-likeness (QED) is 0.488. The molecule has 0 aliphatic rings. The van der Waals surface area contributed by atoms with Crippen LogP contribution >= 0.6 is 0 Å². The van der Waals surface area contributed by atoms with Crippen molar-refractivity contribution in [1.29, 1.82) is 0 Å². The number of carbonyl (C=O) groups is 2. The number of rotatable bonds is 6. The zero-order chi connectivity index (χ0) is 18.4. The highest BCUT2D eigenvalue weighted by Crippen LogP contribution is 2.23. The first kappa shape index (κ1) is 18.3. The Balaban J connectivity index is 2.30. The molecule has 0 fully saturated rings. The van der Waals surface area contributed by atoms with Crippen molar-refractivity contribution in [2.45, 2.75) is 20.8 Å². The lowest BCUT2D eigenvalue weighted by Crippen LogP contribution is -2.08. The number of ketones is 1. The Morgan fingerprint density at radius 2 is 1.96 bits per heavy atom. The van der Waals surface area contributed by atoms with Crippen molar-refractivity contribution >= 4 is 34.9 Å². The number of para-hydroxylation sites is 1. The summed E-state index contributed by atoms with van der Waals surface area (Å²) in [6.07, 6.45) is 7.76. The molecule has 0 aliphatic heterocycles. The second-order valence-corrected chi connectivity index (χ2v) is 5.70. The van der Waals surface area contributed by atoms with E-state index >= 15 is 0 Å². The van der Waals surface area contributed by atoms with Crippen LogP contribution in [0.15, 0.2) is 53.9 Å². The molecule has 0 aliphatic carbocycles. The van der Waals surface area contributed by atoms with E-state index in [1.807, 2.05) is 55.1 Å². The number of hydrogen-bond acceptors (Lipinski definition) is 4. The highest BCUT2D eigenvalue weighted by molar-refractivity contribution is 6.07. The number of aromatic nitrogens is 1. The fourth-order valence-electron chi connectivity index (χ4n) is 2.37. The number of aliphatic hydroxyl groups is 1. The molecule has 5 nitrogen and oxygen atoms in total. The molecular weight excluding hydrogens is 318 g/mol. The molecule has 130 valence electrons. The molecule has 1 N–H and O–H groups in total. The maximum Gasteiger partial charge on any atom is 0.373 e. The molecule has 5 heteroatoms. The van der Waals surface area contributed by atoms with Gasteiger partial charge in [0.1, 0.15) is 0 Å². The molecule has 1 aromatic carbocycles. The van der Waals surface area contributed by atoms with E-state index in [-0.39, 0.29) is 6.61 Å². The van der Waals surface area contributed by atoms with Gasteiger partial charge in [-0.15, -0.1) is 0 Å². The van der Waals surface area contributed by atoms with Crippen LogP contribution in [-0.4, -0.2) is 28.0 Å². The van der Waals surface area contributed by atoms with Crippen LogP contribution in [0.25, 0.3) is 23.2 Å². The van der Waals surface area contributed by atoms with Crippen LogP contribution < -0.4 is 0 Å². The number of carbonyl (C=O) groups excluding carboxylic acids is 2. The van der Waals surface area contributed by atoms with E-state index in [1.165, 1.54) is 6.08 Å². The molecule has 1 aromatic heterocycles. The summed E-state index contributed by atoms with van der Waals surface area (Å²) in [5.41, 5.74) is 3.04. The SMILES string of the molecule is CCOC(=O)/C(O)=C/C(=O)/C=C/c1cn(C=C(C)C)c2ccccc12. The van der Waals surface area contributed by atoms with Crippen LogP contribution in [-0.2, 0) is 14.3 Å². The number of ether oxygens (including phenoxy) is 1. The molecule has 0 saturated heterocycles. The predicted molar refractivity (Wildman–Crippen MR) is 98.9 cm³/mol. The minimum Gasteiger partial charge on any atom is -0.502 e. The molecule has 0 atom stereocenters. The number of aliphatic hydroxyl groups excluding tert-OH is 1. The van der Waals surface area contributed by atoms with Crippen LogP contribution in [0.3, 0.4) is 0 Å². The van der Waals surface area contributed by atoms with Gasteiger partial charge in [0.15, 0.2) is 5.78 Å². The van der Waals surface area contributed by atoms with E-state index in [1.54, 1.807) is 13.0 Å². The van der Waals surface area contributed by atoms with E-state index in [0.717, 1.165) is 28.1 Å². The van der Waals surface area contributed by atoms with Gasteiger partial charge in [-0.2, -0.15) is 0 Å². The van der Waals surface area contributed by atoms with E-state index < -0.39 is 17.5 Å². The van der Waals surface area contributed by atoms with Gasteiger partial charge >= 0.3 is 5.97 Å². The van der Waals surface area contributed by atoms with Gasteiger partial charge < -0.3 is 14.4 Å². The average Bonchev–Trinajstić information content (AvgIpc) is 2.90. The highest BCUT2D eigenvalue weighted by Gasteiger charge is 2.10. The number of hydrogen-bond donors (Lipinski definition) is 1. The van der Waals surface area contributed by atoms with Gasteiger partial charge in [0, 0.05) is 29.4 Å². The van der Waals surface area contributed by atoms with E-state index in [9.17, 15) is 14.7 Å². The van der Waals surface area contributed by atoms with Crippen LogP contribution in [0.2, 0.25) is 0 Å². The third kappa shape index (κ3) is 4.70. The summed E-state index contributed by atoms with van der Waals surface area (Å²) in [6.45, 7) is 5.77. The van der Waals surface area contributed by atoms with Crippen LogP contribution in [0.1, 0.15) is 26.3 Å². The molecule has 0 radical (unpaired) electrons. The summed E-state index contributed by atoms with van der Waals surface area (Å²) in [6, 6.07) is 7.86. The van der Waals surface area contributed by atoms with Crippen molar-refractivity contribution in [2.75, 3.05) is 6.61 Å². The third-order valence-electron chi connectivity index (χ3n) is 3.36. The van der Waals surface area contributed by atoms with Crippen molar-refractivity contribution in [3.05, 3.63) is 59.5 Å². The standard InChI is InChI=1S/C20H21NO4/c1-4-25-20(24)19(23)11-16(22)10-9-15-13-21(12-14(2)3)18-8-6-5-7-17(15)18/h5-13,23H,4H2,1-3H3/b10-9+,19-11-. The molecule has 2 rings (SSSR count). The van der Waals surface area contributed by atoms with Gasteiger partial charge in [-0.05, 0) is 39.0 Å². The van der Waals surface area contributed by atoms with E-state index in [4.69, 9.17) is 0 Å². The smallest absolute Gasteiger partial charge is 0.373 e. The van der Waals surface area contributed by atoms with Gasteiger partial charge in [-0.1, -0.05) is 23.8 Å². The van der Waals surface area contributed by atoms with Gasteiger partial charge in [-0.3, -0.25) is 4.79 Å². The molecule has 0 spiro atoms. The molecular formula is C20H21NO4. The minimum atomic E-state index is -0.913. The van der Waals surface area contributed by atoms with Gasteiger partial charge in [0.05, 0.1) is 12.1 Å². The lowest BCUT2D eigenvalue weighted by molar-refractivity contribution is -0.141. The third-order valence-corrected chi connectivity index (χ3v) is 3.36. The molecule has 25 heavy (non-hydrogen) atoms. The van der Waals surface area contributed by atoms with E-state index in [2.05, 4.69) is 4.74 Å². The topological polar surface area (TPSA) is 68.5 Å². The van der Waals surface area contributed by atoms with Gasteiger partial charge in [0.2, 0.25) is 5.76 Å². The molecule has 0 saturated carbocycles. The highest BCUT2D eigenvalue weighted by atomic mass is 16.5. The summed E-state index contributed by atoms with van der Waals surface area (Å²) < 4.78 is 6.62. The second kappa shape index (κ2) is 8.15. The second-order valence-electron chi connectivity index (χ2n) is 5.70. The number of esters is 1. The molecule has 0 bridgehead atoms. The molecule has 0 amide bonds. The van der Waals surface area contributed by atoms with Gasteiger partial charge in [-0.25, -0.2) is 4.79 Å². The molecule has 2 aromatic rings. The van der Waals surface area contributed by atoms with Crippen molar-refractivity contribution in [2.24, 2.45) is 0 Å². The van der Waals surface area contributed by atoms with Crippen LogP contribution in [0, 0.1) is 0 Å². The van der Waals surface area contributed by atoms with Crippen molar-refractivity contribution in [3.8, 4) is 0 Å². The Morgan fingerprint density at radius 1 is 1.24 bits per heavy atom. The number of nitrogens with zero attached hydrogens (tertiary/aromatic N) is 1. The monoisotopic (exact) mass is 339 g/mol. The number of fused-ring (bicyclic) bond motifs is 1. The van der Waals surface area contributed by atoms with Crippen molar-refractivity contribution in [3.63, 3.8) is 0 Å². The summed E-state index contributed by atoms with van der Waals surface area (Å²) in [7, 11) is 0. The zero-order valence-electron chi connectivity index (χ0n) is 14.5. The summed E-state index contributed by atoms with van der Waals surface area (Å²) in [5.74, 6) is -2.11. The Bertz CT molecular complexity index is 880. The lowest BCUT2D eigenvalue weighted by Gasteiger charge is -1.98. The number of allylic oxidation sites excluding steroid dienone is 3. The fraction of sp³-hybridized carbons (Fsp3) is 0.200. The Morgan fingerprint density at radius 3 is 2.64 bits per heavy atom. The first-order valence-electron chi connectivity index (χ1n) is 7.96. The average molecular weight is 339 g/mol. The van der Waals surface area contributed by atoms with Gasteiger partial charge in [0.25, 0.3) is 0 Å². The number of benzene rings is 1. The Hall–Kier alpha value is -3.08. The summed E-state index contributed by atoms with van der Waals surface area (Å²) >= 11 is 0. The fourth-order valence-corrected chi connectivity index (χ4v) is 2.37. The van der Waals surface area contributed by atoms with Crippen molar-refractivity contribution in [1.82, 2.24) is 4.57 Å². The maximum atomic E-state index is 11.9. The van der Waals surface area contributed by atoms with Crippen LogP contribution in [0.4, 0.5) is 0 Å². The van der Waals surface area contributed by atoms with E-state index in [0.29, 0.717) is 0 Å². The Labute approximate surface area is 146 Å². The Kier molecular flexibility index (Phi) is 5.95. The molecule has 1 heterocycles. The molecule has 0 unspecified atom stereocenters. The zero-order valence-corrected chi connectivity index (χ0v) is 14.5. The lowest BCUT2D eigenvalue weighted by atomic mass is 10.1. The maximum absolute atomic E-state index is 11.9. The first-order valence-corrected chi connectivity index (χ1v) is 7.96. The first-order chi connectivity index (χ1) is 11.9. The normalized spacial score (nSPS) is 11.7. The van der Waals surface area contributed by atoms with Crippen LogP contribution in [0.5, 0.6) is 0 Å². The summed E-state index contributed by atoms with van der Waals surface area (Å²) in [4.78, 5) is 23.2. The largest absolute Gasteiger partial charge is 0.502 e. The minimum absolute atomic E-state index is 0.130. The van der Waals surface area contributed by atoms with Crippen molar-refractivity contribution < 1.29 is 19.4 Å².